The van der Waals surface area contributed by atoms with Crippen LogP contribution in [0.15, 0.2) is 42.5 Å². The molecule has 0 unspecified atom stereocenters. The van der Waals surface area contributed by atoms with Gasteiger partial charge in [0.2, 0.25) is 0 Å². The number of aryl methyl sites for hydroxylation is 2. The maximum Gasteiger partial charge on any atom is 0.319 e. The molecule has 5 heteroatoms. The summed E-state index contributed by atoms with van der Waals surface area (Å²) in [6, 6.07) is 13.6. The van der Waals surface area contributed by atoms with E-state index in [4.69, 9.17) is 0 Å². The molecule has 3 rings (SSSR count). The van der Waals surface area contributed by atoms with Crippen molar-refractivity contribution >= 4 is 22.5 Å². The molecule has 3 aromatic rings. The Bertz CT molecular complexity index is 861. The van der Waals surface area contributed by atoms with Gasteiger partial charge in [0.05, 0.1) is 11.4 Å². The van der Waals surface area contributed by atoms with Gasteiger partial charge >= 0.3 is 6.03 Å². The molecule has 0 aliphatic rings. The highest BCUT2D eigenvalue weighted by Gasteiger charge is 2.11. The second-order valence-electron chi connectivity index (χ2n) is 5.61. The van der Waals surface area contributed by atoms with E-state index in [-0.39, 0.29) is 6.03 Å². The van der Waals surface area contributed by atoms with E-state index in [1.807, 2.05) is 68.0 Å². The minimum Gasteiger partial charge on any atom is -0.334 e. The number of urea groups is 1. The van der Waals surface area contributed by atoms with Gasteiger partial charge in [0, 0.05) is 30.2 Å². The summed E-state index contributed by atoms with van der Waals surface area (Å²) in [4.78, 5) is 12.2. The van der Waals surface area contributed by atoms with Crippen molar-refractivity contribution in [1.29, 1.82) is 0 Å². The Morgan fingerprint density at radius 1 is 1.13 bits per heavy atom. The fraction of sp³-hybridized carbons (Fsp3) is 0.222. The van der Waals surface area contributed by atoms with Gasteiger partial charge in [-0.25, -0.2) is 4.79 Å². The van der Waals surface area contributed by atoms with Crippen LogP contribution in [0, 0.1) is 13.8 Å². The molecule has 118 valence electrons. The van der Waals surface area contributed by atoms with Gasteiger partial charge in [0.25, 0.3) is 0 Å². The van der Waals surface area contributed by atoms with Crippen LogP contribution in [0.25, 0.3) is 10.8 Å². The fourth-order valence-electron chi connectivity index (χ4n) is 2.74. The molecular formula is C18H20N4O. The standard InChI is InChI=1S/C18H20N4O/c1-12-16(13(2)22(3)21-12)11-19-18(23)20-17-10-6-8-14-7-4-5-9-15(14)17/h4-10H,11H2,1-3H3,(H2,19,20,23). The lowest BCUT2D eigenvalue weighted by molar-refractivity contribution is 0.251. The van der Waals surface area contributed by atoms with Gasteiger partial charge in [0.1, 0.15) is 0 Å². The van der Waals surface area contributed by atoms with Crippen molar-refractivity contribution in [3.63, 3.8) is 0 Å². The summed E-state index contributed by atoms with van der Waals surface area (Å²) in [5, 5.41) is 12.3. The van der Waals surface area contributed by atoms with Gasteiger partial charge in [-0.05, 0) is 25.3 Å². The monoisotopic (exact) mass is 308 g/mol. The first-order valence-electron chi connectivity index (χ1n) is 7.58. The van der Waals surface area contributed by atoms with Crippen molar-refractivity contribution in [2.24, 2.45) is 7.05 Å². The van der Waals surface area contributed by atoms with E-state index >= 15 is 0 Å². The summed E-state index contributed by atoms with van der Waals surface area (Å²) in [5.74, 6) is 0. The molecular weight excluding hydrogens is 288 g/mol. The predicted octanol–water partition coefficient (Wildman–Crippen LogP) is 3.51. The molecule has 23 heavy (non-hydrogen) atoms. The second kappa shape index (κ2) is 6.12. The molecule has 2 N–H and O–H groups in total. The molecule has 0 saturated heterocycles. The number of anilines is 1. The van der Waals surface area contributed by atoms with Crippen molar-refractivity contribution in [3.8, 4) is 0 Å². The van der Waals surface area contributed by atoms with Crippen molar-refractivity contribution in [3.05, 3.63) is 59.4 Å². The Hall–Kier alpha value is -2.82. The minimum atomic E-state index is -0.219. The summed E-state index contributed by atoms with van der Waals surface area (Å²) in [7, 11) is 1.90. The summed E-state index contributed by atoms with van der Waals surface area (Å²) in [5.41, 5.74) is 3.87. The average molecular weight is 308 g/mol. The SMILES string of the molecule is Cc1nn(C)c(C)c1CNC(=O)Nc1cccc2ccccc12. The van der Waals surface area contributed by atoms with Crippen LogP contribution in [0.5, 0.6) is 0 Å². The van der Waals surface area contributed by atoms with Crippen LogP contribution < -0.4 is 10.6 Å². The van der Waals surface area contributed by atoms with Gasteiger partial charge in [-0.2, -0.15) is 5.10 Å². The number of amides is 2. The molecule has 0 aliphatic heterocycles. The van der Waals surface area contributed by atoms with E-state index in [0.717, 1.165) is 33.4 Å². The van der Waals surface area contributed by atoms with Crippen LogP contribution in [-0.2, 0) is 13.6 Å². The highest BCUT2D eigenvalue weighted by molar-refractivity contribution is 6.01. The number of carbonyl (C=O) groups excluding carboxylic acids is 1. The molecule has 0 bridgehead atoms. The zero-order valence-electron chi connectivity index (χ0n) is 13.6. The molecule has 0 fully saturated rings. The first-order valence-corrected chi connectivity index (χ1v) is 7.58. The topological polar surface area (TPSA) is 59.0 Å². The normalized spacial score (nSPS) is 10.7. The highest BCUT2D eigenvalue weighted by Crippen LogP contribution is 2.22. The van der Waals surface area contributed by atoms with Gasteiger partial charge in [0.15, 0.2) is 0 Å². The predicted molar refractivity (Wildman–Crippen MR) is 92.5 cm³/mol. The van der Waals surface area contributed by atoms with Crippen LogP contribution in [-0.4, -0.2) is 15.8 Å². The van der Waals surface area contributed by atoms with Crippen molar-refractivity contribution in [2.45, 2.75) is 20.4 Å². The number of rotatable bonds is 3. The molecule has 0 atom stereocenters. The number of nitrogens with one attached hydrogen (secondary N) is 2. The Kier molecular flexibility index (Phi) is 4.02. The van der Waals surface area contributed by atoms with Crippen LogP contribution in [0.1, 0.15) is 17.0 Å². The van der Waals surface area contributed by atoms with E-state index in [1.54, 1.807) is 0 Å². The maximum atomic E-state index is 12.2. The Labute approximate surface area is 135 Å². The lowest BCUT2D eigenvalue weighted by Gasteiger charge is -2.10. The summed E-state index contributed by atoms with van der Waals surface area (Å²) in [6.45, 7) is 4.41. The molecule has 1 aromatic heterocycles. The summed E-state index contributed by atoms with van der Waals surface area (Å²) < 4.78 is 1.83. The molecule has 1 heterocycles. The number of carbonyl (C=O) groups is 1. The quantitative estimate of drug-likeness (QED) is 0.778. The van der Waals surface area contributed by atoms with E-state index in [2.05, 4.69) is 15.7 Å². The van der Waals surface area contributed by atoms with Crippen LogP contribution in [0.4, 0.5) is 10.5 Å². The number of nitrogens with zero attached hydrogens (tertiary/aromatic N) is 2. The highest BCUT2D eigenvalue weighted by atomic mass is 16.2. The number of fused-ring (bicyclic) bond motifs is 1. The van der Waals surface area contributed by atoms with Gasteiger partial charge in [-0.3, -0.25) is 4.68 Å². The lowest BCUT2D eigenvalue weighted by Crippen LogP contribution is -2.28. The van der Waals surface area contributed by atoms with Crippen LogP contribution in [0.2, 0.25) is 0 Å². The van der Waals surface area contributed by atoms with Gasteiger partial charge in [-0.15, -0.1) is 0 Å². The number of hydrogen-bond acceptors (Lipinski definition) is 2. The van der Waals surface area contributed by atoms with Crippen molar-refractivity contribution < 1.29 is 4.79 Å². The average Bonchev–Trinajstić information content (AvgIpc) is 2.78. The summed E-state index contributed by atoms with van der Waals surface area (Å²) >= 11 is 0. The largest absolute Gasteiger partial charge is 0.334 e. The fourth-order valence-corrected chi connectivity index (χ4v) is 2.74. The number of hydrogen-bond donors (Lipinski definition) is 2. The third-order valence-corrected chi connectivity index (χ3v) is 4.12. The molecule has 0 radical (unpaired) electrons. The summed E-state index contributed by atoms with van der Waals surface area (Å²) in [6.07, 6.45) is 0. The molecule has 0 spiro atoms. The van der Waals surface area contributed by atoms with E-state index in [1.165, 1.54) is 0 Å². The van der Waals surface area contributed by atoms with Crippen molar-refractivity contribution in [2.75, 3.05) is 5.32 Å². The van der Waals surface area contributed by atoms with Gasteiger partial charge in [-0.1, -0.05) is 36.4 Å². The van der Waals surface area contributed by atoms with Crippen molar-refractivity contribution in [1.82, 2.24) is 15.1 Å². The van der Waals surface area contributed by atoms with Crippen LogP contribution in [0.3, 0.4) is 0 Å². The first kappa shape index (κ1) is 15.1. The number of benzene rings is 2. The Morgan fingerprint density at radius 3 is 2.61 bits per heavy atom. The van der Waals surface area contributed by atoms with E-state index in [9.17, 15) is 4.79 Å². The molecule has 5 nitrogen and oxygen atoms in total. The smallest absolute Gasteiger partial charge is 0.319 e. The van der Waals surface area contributed by atoms with Crippen LogP contribution >= 0.6 is 0 Å². The Morgan fingerprint density at radius 2 is 1.87 bits per heavy atom. The first-order chi connectivity index (χ1) is 11.1. The maximum absolute atomic E-state index is 12.2. The number of aromatic nitrogens is 2. The molecule has 0 aliphatic carbocycles. The minimum absolute atomic E-state index is 0.219. The zero-order chi connectivity index (χ0) is 16.4. The third kappa shape index (κ3) is 3.04. The van der Waals surface area contributed by atoms with E-state index in [0.29, 0.717) is 6.54 Å². The Balaban J connectivity index is 1.72. The lowest BCUT2D eigenvalue weighted by atomic mass is 10.1. The zero-order valence-corrected chi connectivity index (χ0v) is 13.6. The van der Waals surface area contributed by atoms with E-state index < -0.39 is 0 Å². The third-order valence-electron chi connectivity index (χ3n) is 4.12. The van der Waals surface area contributed by atoms with Gasteiger partial charge < -0.3 is 10.6 Å². The second-order valence-corrected chi connectivity index (χ2v) is 5.61. The molecule has 0 saturated carbocycles. The molecule has 2 amide bonds. The molecule has 2 aromatic carbocycles.